The summed E-state index contributed by atoms with van der Waals surface area (Å²) in [7, 11) is 0. The summed E-state index contributed by atoms with van der Waals surface area (Å²) in [6, 6.07) is 5.00. The van der Waals surface area contributed by atoms with Crippen molar-refractivity contribution in [2.24, 2.45) is 0 Å². The molecule has 5 heteroatoms. The Labute approximate surface area is 103 Å². The molecule has 2 N–H and O–H groups in total. The largest absolute Gasteiger partial charge is 0.478 e. The molecule has 5 nitrogen and oxygen atoms in total. The number of aromatic nitrogens is 1. The van der Waals surface area contributed by atoms with E-state index in [2.05, 4.69) is 4.98 Å². The van der Waals surface area contributed by atoms with Crippen molar-refractivity contribution in [2.45, 2.75) is 13.8 Å². The molecular weight excluding hydrogens is 234 g/mol. The summed E-state index contributed by atoms with van der Waals surface area (Å²) >= 11 is 0. The van der Waals surface area contributed by atoms with Gasteiger partial charge in [0.2, 0.25) is 0 Å². The number of pyridine rings is 1. The highest BCUT2D eigenvalue weighted by Crippen LogP contribution is 2.22. The Morgan fingerprint density at radius 1 is 1.06 bits per heavy atom. The fraction of sp³-hybridized carbons (Fsp3) is 0.154. The molecule has 1 heterocycles. The Morgan fingerprint density at radius 3 is 2.28 bits per heavy atom. The van der Waals surface area contributed by atoms with E-state index in [1.807, 2.05) is 19.9 Å². The van der Waals surface area contributed by atoms with Crippen molar-refractivity contribution in [3.05, 3.63) is 40.6 Å². The van der Waals surface area contributed by atoms with Crippen LogP contribution < -0.4 is 0 Å². The maximum Gasteiger partial charge on any atom is 0.355 e. The smallest absolute Gasteiger partial charge is 0.355 e. The first-order chi connectivity index (χ1) is 8.40. The van der Waals surface area contributed by atoms with E-state index in [0.29, 0.717) is 10.9 Å². The van der Waals surface area contributed by atoms with Gasteiger partial charge in [0.25, 0.3) is 0 Å². The van der Waals surface area contributed by atoms with Crippen LogP contribution in [0.25, 0.3) is 10.9 Å². The molecule has 0 aliphatic carbocycles. The second-order valence-corrected chi connectivity index (χ2v) is 4.14. The highest BCUT2D eigenvalue weighted by atomic mass is 16.4. The van der Waals surface area contributed by atoms with Gasteiger partial charge in [0.1, 0.15) is 0 Å². The molecule has 1 aromatic carbocycles. The highest BCUT2D eigenvalue weighted by Gasteiger charge is 2.19. The summed E-state index contributed by atoms with van der Waals surface area (Å²) in [6.45, 7) is 3.71. The second-order valence-electron chi connectivity index (χ2n) is 4.14. The molecule has 2 rings (SSSR count). The lowest BCUT2D eigenvalue weighted by atomic mass is 10.0. The first-order valence-electron chi connectivity index (χ1n) is 5.28. The van der Waals surface area contributed by atoms with Crippen LogP contribution in [0.15, 0.2) is 18.2 Å². The number of benzene rings is 1. The number of hydrogen-bond donors (Lipinski definition) is 2. The Balaban J connectivity index is 2.89. The molecule has 0 bridgehead atoms. The van der Waals surface area contributed by atoms with Gasteiger partial charge in [-0.15, -0.1) is 0 Å². The van der Waals surface area contributed by atoms with E-state index in [0.717, 1.165) is 11.1 Å². The SMILES string of the molecule is Cc1cc(C)c2cc(C(=O)O)c(C(=O)O)nc2c1. The lowest BCUT2D eigenvalue weighted by Crippen LogP contribution is -2.11. The zero-order chi connectivity index (χ0) is 13.4. The summed E-state index contributed by atoms with van der Waals surface area (Å²) in [4.78, 5) is 26.0. The molecule has 0 unspecified atom stereocenters. The number of carboxylic acids is 2. The van der Waals surface area contributed by atoms with Crippen molar-refractivity contribution in [3.63, 3.8) is 0 Å². The van der Waals surface area contributed by atoms with Gasteiger partial charge in [-0.05, 0) is 37.1 Å². The molecule has 92 valence electrons. The van der Waals surface area contributed by atoms with E-state index in [1.165, 1.54) is 6.07 Å². The molecule has 0 spiro atoms. The lowest BCUT2D eigenvalue weighted by Gasteiger charge is -2.07. The third kappa shape index (κ3) is 1.90. The normalized spacial score (nSPS) is 10.6. The predicted octanol–water partition coefficient (Wildman–Crippen LogP) is 2.25. The van der Waals surface area contributed by atoms with Crippen molar-refractivity contribution < 1.29 is 19.8 Å². The van der Waals surface area contributed by atoms with Crippen LogP contribution in [-0.4, -0.2) is 27.1 Å². The molecule has 18 heavy (non-hydrogen) atoms. The molecule has 0 saturated heterocycles. The molecule has 0 aliphatic rings. The summed E-state index contributed by atoms with van der Waals surface area (Å²) in [6.07, 6.45) is 0. The van der Waals surface area contributed by atoms with Crippen molar-refractivity contribution in [2.75, 3.05) is 0 Å². The van der Waals surface area contributed by atoms with Crippen LogP contribution in [0.2, 0.25) is 0 Å². The average Bonchev–Trinajstić information content (AvgIpc) is 2.26. The molecular formula is C13H11NO4. The molecule has 0 amide bonds. The lowest BCUT2D eigenvalue weighted by molar-refractivity contribution is 0.0647. The predicted molar refractivity (Wildman–Crippen MR) is 65.1 cm³/mol. The van der Waals surface area contributed by atoms with E-state index < -0.39 is 17.6 Å². The minimum absolute atomic E-state index is 0.290. The number of rotatable bonds is 2. The topological polar surface area (TPSA) is 87.5 Å². The molecule has 0 saturated carbocycles. The molecule has 0 atom stereocenters. The van der Waals surface area contributed by atoms with Gasteiger partial charge in [-0.3, -0.25) is 0 Å². The quantitative estimate of drug-likeness (QED) is 0.847. The third-order valence-electron chi connectivity index (χ3n) is 2.72. The zero-order valence-corrected chi connectivity index (χ0v) is 9.89. The van der Waals surface area contributed by atoms with Crippen LogP contribution in [0.4, 0.5) is 0 Å². The van der Waals surface area contributed by atoms with Crippen molar-refractivity contribution >= 4 is 22.8 Å². The maximum atomic E-state index is 11.0. The van der Waals surface area contributed by atoms with E-state index in [-0.39, 0.29) is 5.56 Å². The van der Waals surface area contributed by atoms with Crippen molar-refractivity contribution in [3.8, 4) is 0 Å². The van der Waals surface area contributed by atoms with Crippen LogP contribution in [0, 0.1) is 13.8 Å². The minimum atomic E-state index is -1.34. The van der Waals surface area contributed by atoms with Gasteiger partial charge in [0, 0.05) is 5.39 Å². The van der Waals surface area contributed by atoms with Gasteiger partial charge in [0.15, 0.2) is 5.69 Å². The minimum Gasteiger partial charge on any atom is -0.478 e. The number of aromatic carboxylic acids is 2. The number of hydrogen-bond acceptors (Lipinski definition) is 3. The van der Waals surface area contributed by atoms with Crippen LogP contribution >= 0.6 is 0 Å². The number of aryl methyl sites for hydroxylation is 2. The van der Waals surface area contributed by atoms with Crippen molar-refractivity contribution in [1.82, 2.24) is 4.98 Å². The van der Waals surface area contributed by atoms with E-state index in [4.69, 9.17) is 10.2 Å². The molecule has 2 aromatic rings. The summed E-state index contributed by atoms with van der Waals surface area (Å²) in [5.41, 5.74) is 1.60. The average molecular weight is 245 g/mol. The van der Waals surface area contributed by atoms with Gasteiger partial charge < -0.3 is 10.2 Å². The Bertz CT molecular complexity index is 676. The summed E-state index contributed by atoms with van der Waals surface area (Å²) in [5.74, 6) is -2.63. The number of nitrogens with zero attached hydrogens (tertiary/aromatic N) is 1. The zero-order valence-electron chi connectivity index (χ0n) is 9.89. The number of carbonyl (C=O) groups is 2. The first-order valence-corrected chi connectivity index (χ1v) is 5.28. The van der Waals surface area contributed by atoms with E-state index >= 15 is 0 Å². The molecule has 0 aliphatic heterocycles. The number of fused-ring (bicyclic) bond motifs is 1. The standard InChI is InChI=1S/C13H11NO4/c1-6-3-7(2)8-5-9(12(15)16)11(13(17)18)14-10(8)4-6/h3-5H,1-2H3,(H,15,16)(H,17,18). The third-order valence-corrected chi connectivity index (χ3v) is 2.72. The van der Waals surface area contributed by atoms with E-state index in [1.54, 1.807) is 6.07 Å². The molecule has 0 fully saturated rings. The summed E-state index contributed by atoms with van der Waals surface area (Å²) < 4.78 is 0. The Morgan fingerprint density at radius 2 is 1.72 bits per heavy atom. The first kappa shape index (κ1) is 12.0. The van der Waals surface area contributed by atoms with Gasteiger partial charge in [-0.1, -0.05) is 6.07 Å². The van der Waals surface area contributed by atoms with Crippen LogP contribution in [0.1, 0.15) is 32.0 Å². The molecule has 1 aromatic heterocycles. The summed E-state index contributed by atoms with van der Waals surface area (Å²) in [5, 5.41) is 18.7. The fourth-order valence-electron chi connectivity index (χ4n) is 1.96. The van der Waals surface area contributed by atoms with Gasteiger partial charge >= 0.3 is 11.9 Å². The van der Waals surface area contributed by atoms with Crippen LogP contribution in [0.5, 0.6) is 0 Å². The van der Waals surface area contributed by atoms with Crippen LogP contribution in [-0.2, 0) is 0 Å². The van der Waals surface area contributed by atoms with Gasteiger partial charge in [0.05, 0.1) is 11.1 Å². The monoisotopic (exact) mass is 245 g/mol. The van der Waals surface area contributed by atoms with Gasteiger partial charge in [-0.2, -0.15) is 0 Å². The van der Waals surface area contributed by atoms with Gasteiger partial charge in [-0.25, -0.2) is 14.6 Å². The Hall–Kier alpha value is -2.43. The second kappa shape index (κ2) is 4.10. The van der Waals surface area contributed by atoms with Crippen LogP contribution in [0.3, 0.4) is 0 Å². The number of carboxylic acid groups (broad SMARTS) is 2. The maximum absolute atomic E-state index is 11.0. The van der Waals surface area contributed by atoms with E-state index in [9.17, 15) is 9.59 Å². The van der Waals surface area contributed by atoms with Crippen molar-refractivity contribution in [1.29, 1.82) is 0 Å². The molecule has 0 radical (unpaired) electrons. The highest BCUT2D eigenvalue weighted by molar-refractivity contribution is 6.04. The Kier molecular flexibility index (Phi) is 2.74. The fourth-order valence-corrected chi connectivity index (χ4v) is 1.96.